The van der Waals surface area contributed by atoms with E-state index in [0.29, 0.717) is 25.0 Å². The van der Waals surface area contributed by atoms with Gasteiger partial charge in [0.05, 0.1) is 11.0 Å². The highest BCUT2D eigenvalue weighted by Crippen LogP contribution is 2.29. The normalized spacial score (nSPS) is 15.1. The molecule has 27 heavy (non-hydrogen) atoms. The van der Waals surface area contributed by atoms with Crippen molar-refractivity contribution in [3.63, 3.8) is 0 Å². The van der Waals surface area contributed by atoms with Crippen LogP contribution in [0.4, 0.5) is 0 Å². The van der Waals surface area contributed by atoms with Crippen molar-refractivity contribution in [2.75, 3.05) is 6.54 Å². The second-order valence-corrected chi connectivity index (χ2v) is 8.49. The summed E-state index contributed by atoms with van der Waals surface area (Å²) in [5.41, 5.74) is 3.28. The first-order chi connectivity index (χ1) is 13.1. The molecule has 134 valence electrons. The van der Waals surface area contributed by atoms with E-state index in [-0.39, 0.29) is 4.90 Å². The maximum atomic E-state index is 13.3. The van der Waals surface area contributed by atoms with Crippen LogP contribution >= 0.6 is 0 Å². The Morgan fingerprint density at radius 3 is 2.81 bits per heavy atom. The molecule has 1 aliphatic rings. The minimum atomic E-state index is -3.66. The maximum Gasteiger partial charge on any atom is 0.245 e. The summed E-state index contributed by atoms with van der Waals surface area (Å²) in [5, 5.41) is 1.73. The first kappa shape index (κ1) is 16.3. The monoisotopic (exact) mass is 376 g/mol. The Morgan fingerprint density at radius 2 is 1.89 bits per heavy atom. The van der Waals surface area contributed by atoms with Gasteiger partial charge in [-0.25, -0.2) is 8.42 Å². The fraction of sp³-hybridized carbons (Fsp3) is 0.150. The third-order valence-electron chi connectivity index (χ3n) is 4.94. The topological polar surface area (TPSA) is 76.1 Å². The van der Waals surface area contributed by atoms with Gasteiger partial charge in [-0.15, -0.1) is 0 Å². The number of para-hydroxylation sites is 1. The largest absolute Gasteiger partial charge is 0.264 e. The molecule has 6 nitrogen and oxygen atoms in total. The minimum absolute atomic E-state index is 0.250. The van der Waals surface area contributed by atoms with Gasteiger partial charge in [0.2, 0.25) is 10.0 Å². The number of hydrogen-bond donors (Lipinski definition) is 0. The SMILES string of the molecule is O=S(=O)(c1cccc2cccnc12)N1CCc2nc3ccncc3cc2C1. The van der Waals surface area contributed by atoms with Gasteiger partial charge >= 0.3 is 0 Å². The lowest BCUT2D eigenvalue weighted by atomic mass is 10.1. The number of benzene rings is 1. The summed E-state index contributed by atoms with van der Waals surface area (Å²) in [7, 11) is -3.66. The van der Waals surface area contributed by atoms with Crippen molar-refractivity contribution < 1.29 is 8.42 Å². The zero-order valence-corrected chi connectivity index (χ0v) is 15.2. The first-order valence-electron chi connectivity index (χ1n) is 8.69. The highest BCUT2D eigenvalue weighted by atomic mass is 32.2. The fourth-order valence-corrected chi connectivity index (χ4v) is 5.17. The first-order valence-corrected chi connectivity index (χ1v) is 10.1. The molecule has 4 heterocycles. The molecule has 7 heteroatoms. The summed E-state index contributed by atoms with van der Waals surface area (Å²) in [6.07, 6.45) is 5.68. The number of pyridine rings is 3. The summed E-state index contributed by atoms with van der Waals surface area (Å²) in [4.78, 5) is 13.4. The number of rotatable bonds is 2. The molecular formula is C20H16N4O2S. The fourth-order valence-electron chi connectivity index (χ4n) is 3.58. The second-order valence-electron chi connectivity index (χ2n) is 6.58. The van der Waals surface area contributed by atoms with Crippen LogP contribution in [0, 0.1) is 0 Å². The lowest BCUT2D eigenvalue weighted by Crippen LogP contribution is -2.36. The number of fused-ring (bicyclic) bond motifs is 3. The van der Waals surface area contributed by atoms with Crippen molar-refractivity contribution in [2.45, 2.75) is 17.9 Å². The number of hydrogen-bond acceptors (Lipinski definition) is 5. The predicted molar refractivity (Wildman–Crippen MR) is 103 cm³/mol. The van der Waals surface area contributed by atoms with Crippen LogP contribution in [-0.2, 0) is 23.0 Å². The molecule has 5 rings (SSSR count). The van der Waals surface area contributed by atoms with Gasteiger partial charge in [-0.2, -0.15) is 4.31 Å². The molecule has 0 atom stereocenters. The van der Waals surface area contributed by atoms with E-state index < -0.39 is 10.0 Å². The highest BCUT2D eigenvalue weighted by Gasteiger charge is 2.30. The Hall–Kier alpha value is -2.90. The van der Waals surface area contributed by atoms with E-state index in [1.165, 1.54) is 4.31 Å². The van der Waals surface area contributed by atoms with Crippen LogP contribution in [0.1, 0.15) is 11.3 Å². The summed E-state index contributed by atoms with van der Waals surface area (Å²) < 4.78 is 28.2. The van der Waals surface area contributed by atoms with E-state index in [9.17, 15) is 8.42 Å². The molecule has 0 saturated heterocycles. The van der Waals surface area contributed by atoms with Gasteiger partial charge in [0.25, 0.3) is 0 Å². The van der Waals surface area contributed by atoms with E-state index >= 15 is 0 Å². The average molecular weight is 376 g/mol. The van der Waals surface area contributed by atoms with Gasteiger partial charge in [0.1, 0.15) is 4.90 Å². The standard InChI is InChI=1S/C20H16N4O2S/c25-27(26,19-5-1-3-14-4-2-8-22-20(14)19)24-10-7-18-16(13-24)11-15-12-21-9-6-17(15)23-18/h1-6,8-9,11-12H,7,10,13H2. The van der Waals surface area contributed by atoms with Crippen molar-refractivity contribution in [1.82, 2.24) is 19.3 Å². The second kappa shape index (κ2) is 6.07. The molecule has 3 aromatic heterocycles. The summed E-state index contributed by atoms with van der Waals surface area (Å²) in [6, 6.07) is 12.8. The lowest BCUT2D eigenvalue weighted by Gasteiger charge is -2.28. The summed E-state index contributed by atoms with van der Waals surface area (Å²) in [5.74, 6) is 0. The molecule has 0 aliphatic carbocycles. The van der Waals surface area contributed by atoms with E-state index in [0.717, 1.165) is 27.5 Å². The van der Waals surface area contributed by atoms with Crippen LogP contribution in [0.15, 0.2) is 66.0 Å². The Bertz CT molecular complexity index is 1280. The Labute approximate surface area is 156 Å². The average Bonchev–Trinajstić information content (AvgIpc) is 2.71. The van der Waals surface area contributed by atoms with E-state index in [1.807, 2.05) is 24.3 Å². The molecule has 0 bridgehead atoms. The van der Waals surface area contributed by atoms with Gasteiger partial charge in [-0.1, -0.05) is 18.2 Å². The summed E-state index contributed by atoms with van der Waals surface area (Å²) >= 11 is 0. The number of sulfonamides is 1. The lowest BCUT2D eigenvalue weighted by molar-refractivity contribution is 0.389. The van der Waals surface area contributed by atoms with Crippen LogP contribution in [0.3, 0.4) is 0 Å². The van der Waals surface area contributed by atoms with Gasteiger partial charge in [0.15, 0.2) is 0 Å². The van der Waals surface area contributed by atoms with E-state index in [4.69, 9.17) is 0 Å². The van der Waals surface area contributed by atoms with Crippen molar-refractivity contribution in [3.8, 4) is 0 Å². The molecular weight excluding hydrogens is 360 g/mol. The number of aromatic nitrogens is 3. The Balaban J connectivity index is 1.58. The Morgan fingerprint density at radius 1 is 1.00 bits per heavy atom. The van der Waals surface area contributed by atoms with E-state index in [2.05, 4.69) is 15.0 Å². The molecule has 0 N–H and O–H groups in total. The van der Waals surface area contributed by atoms with Crippen LogP contribution in [-0.4, -0.2) is 34.2 Å². The minimum Gasteiger partial charge on any atom is -0.264 e. The molecule has 0 amide bonds. The maximum absolute atomic E-state index is 13.3. The van der Waals surface area contributed by atoms with Crippen molar-refractivity contribution >= 4 is 31.8 Å². The third-order valence-corrected chi connectivity index (χ3v) is 6.82. The number of nitrogens with zero attached hydrogens (tertiary/aromatic N) is 4. The van der Waals surface area contributed by atoms with Crippen molar-refractivity contribution in [2.24, 2.45) is 0 Å². The van der Waals surface area contributed by atoms with Gasteiger partial charge < -0.3 is 0 Å². The molecule has 0 unspecified atom stereocenters. The highest BCUT2D eigenvalue weighted by molar-refractivity contribution is 7.89. The molecule has 0 fully saturated rings. The Kier molecular flexibility index (Phi) is 3.66. The molecule has 1 aliphatic heterocycles. The molecule has 4 aromatic rings. The molecule has 1 aromatic carbocycles. The van der Waals surface area contributed by atoms with Gasteiger partial charge in [0, 0.05) is 54.6 Å². The third kappa shape index (κ3) is 2.67. The van der Waals surface area contributed by atoms with Crippen LogP contribution < -0.4 is 0 Å². The molecule has 0 spiro atoms. The van der Waals surface area contributed by atoms with Gasteiger partial charge in [-0.3, -0.25) is 15.0 Å². The zero-order valence-electron chi connectivity index (χ0n) is 14.4. The van der Waals surface area contributed by atoms with Crippen LogP contribution in [0.5, 0.6) is 0 Å². The van der Waals surface area contributed by atoms with Crippen molar-refractivity contribution in [1.29, 1.82) is 0 Å². The quantitative estimate of drug-likeness (QED) is 0.538. The summed E-state index contributed by atoms with van der Waals surface area (Å²) in [6.45, 7) is 0.709. The van der Waals surface area contributed by atoms with Crippen LogP contribution in [0.25, 0.3) is 21.8 Å². The van der Waals surface area contributed by atoms with Crippen LogP contribution in [0.2, 0.25) is 0 Å². The molecule has 0 saturated carbocycles. The smallest absolute Gasteiger partial charge is 0.245 e. The van der Waals surface area contributed by atoms with E-state index in [1.54, 1.807) is 36.8 Å². The van der Waals surface area contributed by atoms with Gasteiger partial charge in [-0.05, 0) is 29.8 Å². The molecule has 0 radical (unpaired) electrons. The zero-order chi connectivity index (χ0) is 18.4. The van der Waals surface area contributed by atoms with Crippen molar-refractivity contribution in [3.05, 3.63) is 72.3 Å². The predicted octanol–water partition coefficient (Wildman–Crippen LogP) is 2.93.